The van der Waals surface area contributed by atoms with E-state index < -0.39 is 5.97 Å². The standard InChI is InChI=1S/C16H14O3/c1-11(2)16(18)19-14-10-6-9-13(17)15(14)12-7-4-3-5-8-12/h3-10,17H,1H2,2H3. The van der Waals surface area contributed by atoms with Gasteiger partial charge in [0.1, 0.15) is 11.5 Å². The fraction of sp³-hybridized carbons (Fsp3) is 0.0625. The molecule has 0 atom stereocenters. The Bertz CT molecular complexity index is 615. The molecule has 0 aliphatic rings. The maximum absolute atomic E-state index is 11.6. The summed E-state index contributed by atoms with van der Waals surface area (Å²) in [6, 6.07) is 14.1. The summed E-state index contributed by atoms with van der Waals surface area (Å²) in [5, 5.41) is 9.98. The van der Waals surface area contributed by atoms with E-state index in [0.717, 1.165) is 5.56 Å². The fourth-order valence-corrected chi connectivity index (χ4v) is 1.69. The van der Waals surface area contributed by atoms with E-state index in [1.165, 1.54) is 0 Å². The van der Waals surface area contributed by atoms with Crippen LogP contribution in [0.2, 0.25) is 0 Å². The first-order chi connectivity index (χ1) is 9.09. The molecule has 2 rings (SSSR count). The van der Waals surface area contributed by atoms with Crippen molar-refractivity contribution in [2.75, 3.05) is 0 Å². The van der Waals surface area contributed by atoms with Crippen molar-refractivity contribution in [3.05, 3.63) is 60.7 Å². The molecule has 1 N–H and O–H groups in total. The predicted octanol–water partition coefficient (Wildman–Crippen LogP) is 3.54. The number of phenolic OH excluding ortho intramolecular Hbond substituents is 1. The minimum absolute atomic E-state index is 0.0678. The van der Waals surface area contributed by atoms with Crippen LogP contribution in [0.5, 0.6) is 11.5 Å². The summed E-state index contributed by atoms with van der Waals surface area (Å²) in [6.45, 7) is 5.12. The summed E-state index contributed by atoms with van der Waals surface area (Å²) in [4.78, 5) is 11.6. The lowest BCUT2D eigenvalue weighted by Crippen LogP contribution is -2.08. The monoisotopic (exact) mass is 254 g/mol. The van der Waals surface area contributed by atoms with Gasteiger partial charge in [0.2, 0.25) is 0 Å². The number of rotatable bonds is 3. The van der Waals surface area contributed by atoms with Crippen molar-refractivity contribution in [1.82, 2.24) is 0 Å². The molecule has 0 saturated carbocycles. The Labute approximate surface area is 111 Å². The second kappa shape index (κ2) is 5.40. The minimum atomic E-state index is -0.511. The number of hydrogen-bond acceptors (Lipinski definition) is 3. The predicted molar refractivity (Wildman–Crippen MR) is 74.0 cm³/mol. The molecule has 0 heterocycles. The normalized spacial score (nSPS) is 9.95. The maximum atomic E-state index is 11.6. The van der Waals surface area contributed by atoms with E-state index in [-0.39, 0.29) is 5.75 Å². The first-order valence-electron chi connectivity index (χ1n) is 5.84. The molecule has 0 spiro atoms. The average Bonchev–Trinajstić information content (AvgIpc) is 2.39. The Morgan fingerprint density at radius 2 is 1.79 bits per heavy atom. The molecule has 19 heavy (non-hydrogen) atoms. The van der Waals surface area contributed by atoms with Crippen molar-refractivity contribution in [2.24, 2.45) is 0 Å². The van der Waals surface area contributed by atoms with E-state index in [4.69, 9.17) is 4.74 Å². The van der Waals surface area contributed by atoms with Crippen molar-refractivity contribution < 1.29 is 14.6 Å². The third-order valence-corrected chi connectivity index (χ3v) is 2.62. The van der Waals surface area contributed by atoms with Crippen LogP contribution in [0, 0.1) is 0 Å². The lowest BCUT2D eigenvalue weighted by molar-refractivity contribution is -0.130. The molecular weight excluding hydrogens is 240 g/mol. The first-order valence-corrected chi connectivity index (χ1v) is 5.84. The van der Waals surface area contributed by atoms with Gasteiger partial charge in [0.15, 0.2) is 0 Å². The number of benzene rings is 2. The number of ether oxygens (including phenoxy) is 1. The smallest absolute Gasteiger partial charge is 0.338 e. The van der Waals surface area contributed by atoms with Crippen molar-refractivity contribution in [2.45, 2.75) is 6.92 Å². The summed E-state index contributed by atoms with van der Waals surface area (Å²) in [7, 11) is 0. The molecule has 0 aromatic heterocycles. The number of carbonyl (C=O) groups excluding carboxylic acids is 1. The highest BCUT2D eigenvalue weighted by molar-refractivity contribution is 5.90. The number of carbonyl (C=O) groups is 1. The zero-order chi connectivity index (χ0) is 13.8. The molecule has 0 aliphatic carbocycles. The molecule has 0 radical (unpaired) electrons. The molecule has 96 valence electrons. The Morgan fingerprint density at radius 1 is 1.11 bits per heavy atom. The van der Waals surface area contributed by atoms with Crippen LogP contribution < -0.4 is 4.74 Å². The molecule has 0 aliphatic heterocycles. The van der Waals surface area contributed by atoms with Crippen molar-refractivity contribution in [3.63, 3.8) is 0 Å². The topological polar surface area (TPSA) is 46.5 Å². The summed E-state index contributed by atoms with van der Waals surface area (Å²) < 4.78 is 5.24. The van der Waals surface area contributed by atoms with Gasteiger partial charge >= 0.3 is 5.97 Å². The van der Waals surface area contributed by atoms with Crippen molar-refractivity contribution >= 4 is 5.97 Å². The van der Waals surface area contributed by atoms with Gasteiger partial charge in [-0.1, -0.05) is 43.0 Å². The minimum Gasteiger partial charge on any atom is -0.507 e. The van der Waals surface area contributed by atoms with Gasteiger partial charge in [-0.15, -0.1) is 0 Å². The summed E-state index contributed by atoms with van der Waals surface area (Å²) >= 11 is 0. The van der Waals surface area contributed by atoms with Gasteiger partial charge in [-0.3, -0.25) is 0 Å². The quantitative estimate of drug-likeness (QED) is 0.517. The van der Waals surface area contributed by atoms with Crippen molar-refractivity contribution in [1.29, 1.82) is 0 Å². The zero-order valence-electron chi connectivity index (χ0n) is 10.6. The van der Waals surface area contributed by atoms with Gasteiger partial charge in [-0.2, -0.15) is 0 Å². The fourth-order valence-electron chi connectivity index (χ4n) is 1.69. The molecule has 0 bridgehead atoms. The van der Waals surface area contributed by atoms with Crippen LogP contribution in [0.1, 0.15) is 6.92 Å². The number of esters is 1. The number of aromatic hydroxyl groups is 1. The maximum Gasteiger partial charge on any atom is 0.338 e. The van der Waals surface area contributed by atoms with Gasteiger partial charge in [0.25, 0.3) is 0 Å². The SMILES string of the molecule is C=C(C)C(=O)Oc1cccc(O)c1-c1ccccc1. The molecule has 0 unspecified atom stereocenters. The Balaban J connectivity index is 2.48. The van der Waals surface area contributed by atoms with Crippen LogP contribution in [0.15, 0.2) is 60.7 Å². The second-order valence-corrected chi connectivity index (χ2v) is 4.19. The van der Waals surface area contributed by atoms with Gasteiger partial charge in [0, 0.05) is 5.57 Å². The van der Waals surface area contributed by atoms with Crippen LogP contribution >= 0.6 is 0 Å². The van der Waals surface area contributed by atoms with E-state index >= 15 is 0 Å². The van der Waals surface area contributed by atoms with Crippen LogP contribution in [-0.2, 0) is 4.79 Å². The van der Waals surface area contributed by atoms with Crippen molar-refractivity contribution in [3.8, 4) is 22.6 Å². The lowest BCUT2D eigenvalue weighted by atomic mass is 10.0. The molecular formula is C16H14O3. The third-order valence-electron chi connectivity index (χ3n) is 2.62. The molecule has 3 heteroatoms. The third kappa shape index (κ3) is 2.83. The van der Waals surface area contributed by atoms with Crippen LogP contribution in [0.25, 0.3) is 11.1 Å². The Kier molecular flexibility index (Phi) is 3.66. The largest absolute Gasteiger partial charge is 0.507 e. The molecule has 2 aromatic rings. The Morgan fingerprint density at radius 3 is 2.42 bits per heavy atom. The second-order valence-electron chi connectivity index (χ2n) is 4.19. The van der Waals surface area contributed by atoms with E-state index in [1.807, 2.05) is 30.3 Å². The molecule has 0 saturated heterocycles. The van der Waals surface area contributed by atoms with E-state index in [1.54, 1.807) is 25.1 Å². The van der Waals surface area contributed by atoms with Gasteiger partial charge in [-0.25, -0.2) is 4.79 Å². The highest BCUT2D eigenvalue weighted by Crippen LogP contribution is 2.37. The highest BCUT2D eigenvalue weighted by Gasteiger charge is 2.14. The highest BCUT2D eigenvalue weighted by atomic mass is 16.5. The van der Waals surface area contributed by atoms with Gasteiger partial charge in [0.05, 0.1) is 5.56 Å². The Hall–Kier alpha value is -2.55. The van der Waals surface area contributed by atoms with Crippen LogP contribution in [0.4, 0.5) is 0 Å². The summed E-state index contributed by atoms with van der Waals surface area (Å²) in [6.07, 6.45) is 0. The van der Waals surface area contributed by atoms with E-state index in [0.29, 0.717) is 16.9 Å². The number of hydrogen-bond donors (Lipinski definition) is 1. The summed E-state index contributed by atoms with van der Waals surface area (Å²) in [5.74, 6) is -0.125. The molecule has 3 nitrogen and oxygen atoms in total. The number of phenols is 1. The lowest BCUT2D eigenvalue weighted by Gasteiger charge is -2.11. The van der Waals surface area contributed by atoms with Gasteiger partial charge < -0.3 is 9.84 Å². The molecule has 2 aromatic carbocycles. The van der Waals surface area contributed by atoms with E-state index in [2.05, 4.69) is 6.58 Å². The first kappa shape index (κ1) is 12.9. The van der Waals surface area contributed by atoms with Gasteiger partial charge in [-0.05, 0) is 24.6 Å². The van der Waals surface area contributed by atoms with Crippen LogP contribution in [0.3, 0.4) is 0 Å². The molecule has 0 fully saturated rings. The van der Waals surface area contributed by atoms with Crippen LogP contribution in [-0.4, -0.2) is 11.1 Å². The average molecular weight is 254 g/mol. The van der Waals surface area contributed by atoms with E-state index in [9.17, 15) is 9.90 Å². The summed E-state index contributed by atoms with van der Waals surface area (Å²) in [5.41, 5.74) is 1.59. The molecule has 0 amide bonds. The zero-order valence-corrected chi connectivity index (χ0v) is 10.6.